The number of benzene rings is 2. The van der Waals surface area contributed by atoms with E-state index in [-0.39, 0.29) is 54.5 Å². The van der Waals surface area contributed by atoms with Crippen LogP contribution in [0.1, 0.15) is 122 Å². The van der Waals surface area contributed by atoms with E-state index in [4.69, 9.17) is 9.72 Å². The van der Waals surface area contributed by atoms with E-state index in [2.05, 4.69) is 91.2 Å². The van der Waals surface area contributed by atoms with Crippen molar-refractivity contribution in [3.63, 3.8) is 0 Å². The Balaban J connectivity index is 0.924. The maximum absolute atomic E-state index is 15.2. The minimum Gasteiger partial charge on any atom is -0.464 e. The Kier molecular flexibility index (Phi) is 12.9. The molecule has 1 unspecified atom stereocenters. The summed E-state index contributed by atoms with van der Waals surface area (Å²) in [4.78, 5) is 83.8. The number of rotatable bonds is 9. The zero-order valence-corrected chi connectivity index (χ0v) is 43.3. The van der Waals surface area contributed by atoms with E-state index in [1.807, 2.05) is 41.2 Å². The number of hydrazine groups is 1. The average Bonchev–Trinajstić information content (AvgIpc) is 4.07. The van der Waals surface area contributed by atoms with Crippen molar-refractivity contribution in [2.24, 2.45) is 22.7 Å². The van der Waals surface area contributed by atoms with Crippen molar-refractivity contribution in [2.45, 2.75) is 154 Å². The molecule has 6 bridgehead atoms. The highest BCUT2D eigenvalue weighted by atomic mass is 16.5. The lowest BCUT2D eigenvalue weighted by molar-refractivity contribution is -0.155. The Morgan fingerprint density at radius 2 is 1.69 bits per heavy atom. The molecule has 14 heteroatoms. The first kappa shape index (κ1) is 48.7. The smallest absolute Gasteiger partial charge is 0.324 e. The van der Waals surface area contributed by atoms with Gasteiger partial charge in [-0.15, -0.1) is 0 Å². The molecule has 7 heterocycles. The van der Waals surface area contributed by atoms with E-state index in [1.165, 1.54) is 23.4 Å². The maximum Gasteiger partial charge on any atom is 0.324 e. The molecule has 4 aromatic rings. The van der Waals surface area contributed by atoms with Gasteiger partial charge >= 0.3 is 5.97 Å². The van der Waals surface area contributed by atoms with Gasteiger partial charge in [-0.1, -0.05) is 70.9 Å². The van der Waals surface area contributed by atoms with Crippen molar-refractivity contribution in [3.05, 3.63) is 77.6 Å². The first-order valence-electron chi connectivity index (χ1n) is 27.2. The number of likely N-dealkylation sites (N-methyl/N-ethyl adjacent to an activating group) is 1. The summed E-state index contributed by atoms with van der Waals surface area (Å²) in [6, 6.07) is 16.9. The van der Waals surface area contributed by atoms with Crippen LogP contribution >= 0.6 is 0 Å². The summed E-state index contributed by atoms with van der Waals surface area (Å²) in [6.07, 6.45) is 10.9. The topological polar surface area (TPSA) is 149 Å². The highest BCUT2D eigenvalue weighted by Crippen LogP contribution is 2.49. The Labute approximate surface area is 424 Å². The number of aryl methyl sites for hydroxylation is 1. The number of carbonyl (C=O) groups is 5. The zero-order chi connectivity index (χ0) is 50.2. The number of esters is 1. The van der Waals surface area contributed by atoms with Gasteiger partial charge in [0.2, 0.25) is 17.7 Å². The monoisotopic (exact) mass is 979 g/mol. The van der Waals surface area contributed by atoms with Crippen LogP contribution < -0.4 is 10.7 Å². The van der Waals surface area contributed by atoms with Gasteiger partial charge in [-0.25, -0.2) is 5.43 Å². The van der Waals surface area contributed by atoms with Gasteiger partial charge in [-0.2, -0.15) is 0 Å². The second-order valence-corrected chi connectivity index (χ2v) is 23.6. The van der Waals surface area contributed by atoms with Gasteiger partial charge in [0.05, 0.1) is 23.4 Å². The lowest BCUT2D eigenvalue weighted by atomic mass is 9.83. The van der Waals surface area contributed by atoms with Crippen LogP contribution in [0.15, 0.2) is 60.8 Å². The molecule has 4 saturated heterocycles. The van der Waals surface area contributed by atoms with Crippen molar-refractivity contribution in [3.8, 4) is 22.4 Å². The number of fused-ring (bicyclic) bond motifs is 6. The number of hydrogen-bond acceptors (Lipinski definition) is 9. The summed E-state index contributed by atoms with van der Waals surface area (Å²) in [6.45, 7) is 13.5. The van der Waals surface area contributed by atoms with Gasteiger partial charge in [-0.05, 0) is 136 Å². The maximum atomic E-state index is 15.2. The summed E-state index contributed by atoms with van der Waals surface area (Å²) in [5.41, 5.74) is 10.5. The van der Waals surface area contributed by atoms with E-state index in [0.717, 1.165) is 76.8 Å². The van der Waals surface area contributed by atoms with Gasteiger partial charge in [0, 0.05) is 73.3 Å². The third kappa shape index (κ3) is 8.92. The van der Waals surface area contributed by atoms with Gasteiger partial charge in [0.25, 0.3) is 5.91 Å². The Morgan fingerprint density at radius 1 is 0.917 bits per heavy atom. The Morgan fingerprint density at radius 3 is 2.46 bits per heavy atom. The number of nitrogens with one attached hydrogen (secondary N) is 2. The molecule has 6 fully saturated rings. The first-order valence-corrected chi connectivity index (χ1v) is 27.2. The molecule has 0 radical (unpaired) electrons. The number of amides is 4. The molecule has 2 aliphatic carbocycles. The molecule has 2 aromatic carbocycles. The number of ether oxygens (including phenoxy) is 1. The molecule has 11 rings (SSSR count). The van der Waals surface area contributed by atoms with Gasteiger partial charge < -0.3 is 24.4 Å². The third-order valence-corrected chi connectivity index (χ3v) is 17.6. The number of cyclic esters (lactones) is 1. The van der Waals surface area contributed by atoms with Gasteiger partial charge in [-0.3, -0.25) is 38.9 Å². The Bertz CT molecular complexity index is 2790. The van der Waals surface area contributed by atoms with Crippen molar-refractivity contribution < 1.29 is 28.7 Å². The number of hydrogen-bond donors (Lipinski definition) is 2. The molecule has 382 valence electrons. The van der Waals surface area contributed by atoms with E-state index in [9.17, 15) is 14.4 Å². The molecule has 5 aliphatic heterocycles. The van der Waals surface area contributed by atoms with Crippen LogP contribution in [0, 0.1) is 22.7 Å². The standard InChI is InChI=1S/C58H74N8O6/c1-7-64-46-22-21-40-31-42(46)43(50(64)41-17-11-25-59-47(41)35(2)3)32-57(4,5)34-72-55(70)44-18-12-26-66(61-44)53(68)45(30-36-13-10-16-39(40)29-36)60-52(67)49(37-14-8-9-15-37)65-28-24-58(56(65)71)23-27-63(33-58)54(69)51-48(62(51)6)38-19-20-38/h10-11,13,16-17,21-22,25,29,31,35,37-38,44-45,48-49,51,61H,7-9,12,14-15,18-20,23-24,26-28,30,32-34H2,1-6H3,(H,60,67)/t44-,45-,48+,49-,51+,58-,62?/m0/s1. The second-order valence-electron chi connectivity index (χ2n) is 23.6. The molecule has 14 nitrogen and oxygen atoms in total. The third-order valence-electron chi connectivity index (χ3n) is 17.6. The van der Waals surface area contributed by atoms with E-state index >= 15 is 9.59 Å². The fourth-order valence-electron chi connectivity index (χ4n) is 13.6. The van der Waals surface area contributed by atoms with Gasteiger partial charge in [0.1, 0.15) is 24.2 Å². The summed E-state index contributed by atoms with van der Waals surface area (Å²) in [5, 5.41) is 5.90. The van der Waals surface area contributed by atoms with E-state index in [1.54, 1.807) is 0 Å². The first-order chi connectivity index (χ1) is 34.6. The van der Waals surface area contributed by atoms with E-state index in [0.29, 0.717) is 70.2 Å². The van der Waals surface area contributed by atoms with Crippen LogP contribution in [0.2, 0.25) is 0 Å². The minimum absolute atomic E-state index is 0.0407. The van der Waals surface area contributed by atoms with Crippen LogP contribution in [-0.4, -0.2) is 129 Å². The largest absolute Gasteiger partial charge is 0.464 e. The van der Waals surface area contributed by atoms with Crippen LogP contribution in [0.25, 0.3) is 33.3 Å². The molecule has 2 N–H and O–H groups in total. The number of likely N-dealkylation sites (tertiary alicyclic amines) is 2. The second kappa shape index (κ2) is 19.0. The molecule has 4 amide bonds. The normalized spacial score (nSPS) is 28.2. The molecule has 7 atom stereocenters. The highest BCUT2D eigenvalue weighted by molar-refractivity contribution is 5.97. The van der Waals surface area contributed by atoms with Crippen molar-refractivity contribution in [2.75, 3.05) is 39.8 Å². The van der Waals surface area contributed by atoms with Crippen molar-refractivity contribution in [1.29, 1.82) is 0 Å². The number of nitrogens with zero attached hydrogens (tertiary/aromatic N) is 6. The van der Waals surface area contributed by atoms with Crippen LogP contribution in [0.3, 0.4) is 0 Å². The van der Waals surface area contributed by atoms with E-state index < -0.39 is 34.9 Å². The summed E-state index contributed by atoms with van der Waals surface area (Å²) in [5.74, 6) is -0.208. The SMILES string of the molecule is CCn1c(-c2cccnc2C(C)C)c2c3cc(ccc31)-c1cccc(c1)C[C@H](NC(=O)[C@H](C1CCCC1)N1CC[C@]3(CCN(C(=O)[C@H]4[C@@H](C5CC5)N4C)C3)C1=O)C(=O)N1CCC[C@H](N1)C(=O)OCC(C)(C)C2. The predicted molar refractivity (Wildman–Crippen MR) is 276 cm³/mol. The minimum atomic E-state index is -0.997. The molecular formula is C58H74N8O6. The van der Waals surface area contributed by atoms with Gasteiger partial charge in [0.15, 0.2) is 0 Å². The number of aromatic nitrogens is 2. The van der Waals surface area contributed by atoms with Crippen LogP contribution in [0.5, 0.6) is 0 Å². The molecule has 1 spiro atoms. The zero-order valence-electron chi connectivity index (χ0n) is 43.3. The molecule has 2 saturated carbocycles. The predicted octanol–water partition coefficient (Wildman–Crippen LogP) is 7.26. The molecule has 7 aliphatic rings. The molecule has 2 aromatic heterocycles. The number of carbonyl (C=O) groups excluding carboxylic acids is 5. The summed E-state index contributed by atoms with van der Waals surface area (Å²) in [7, 11) is 2.04. The van der Waals surface area contributed by atoms with Crippen molar-refractivity contribution in [1.82, 2.24) is 40.0 Å². The summed E-state index contributed by atoms with van der Waals surface area (Å²) < 4.78 is 8.60. The Hall–Kier alpha value is -5.60. The quantitative estimate of drug-likeness (QED) is 0.131. The lowest BCUT2D eigenvalue weighted by Crippen LogP contribution is -2.62. The highest BCUT2D eigenvalue weighted by Gasteiger charge is 2.61. The number of pyridine rings is 1. The molecular weight excluding hydrogens is 905 g/mol. The lowest BCUT2D eigenvalue weighted by Gasteiger charge is -2.37. The molecule has 72 heavy (non-hydrogen) atoms. The summed E-state index contributed by atoms with van der Waals surface area (Å²) >= 11 is 0. The fraction of sp³-hybridized carbons (Fsp3) is 0.586. The van der Waals surface area contributed by atoms with Crippen LogP contribution in [-0.2, 0) is 48.1 Å². The fourth-order valence-corrected chi connectivity index (χ4v) is 13.6. The average molecular weight is 979 g/mol. The van der Waals surface area contributed by atoms with Crippen molar-refractivity contribution >= 4 is 40.5 Å². The van der Waals surface area contributed by atoms with Crippen LogP contribution in [0.4, 0.5) is 0 Å².